The van der Waals surface area contributed by atoms with Crippen molar-refractivity contribution in [2.24, 2.45) is 7.05 Å². The lowest BCUT2D eigenvalue weighted by Gasteiger charge is -2.17. The second kappa shape index (κ2) is 5.52. The zero-order chi connectivity index (χ0) is 15.0. The maximum absolute atomic E-state index is 5.94. The summed E-state index contributed by atoms with van der Waals surface area (Å²) >= 11 is 5.94. The van der Waals surface area contributed by atoms with Gasteiger partial charge in [-0.05, 0) is 19.9 Å². The zero-order valence-corrected chi connectivity index (χ0v) is 13.2. The largest absolute Gasteiger partial charge is 0.308 e. The van der Waals surface area contributed by atoms with Gasteiger partial charge in [-0.15, -0.1) is 11.6 Å². The highest BCUT2D eigenvalue weighted by Crippen LogP contribution is 2.24. The van der Waals surface area contributed by atoms with Crippen LogP contribution in [0.3, 0.4) is 0 Å². The maximum atomic E-state index is 5.94. The first kappa shape index (κ1) is 14.1. The Morgan fingerprint density at radius 3 is 2.86 bits per heavy atom. The Labute approximate surface area is 128 Å². The number of alkyl halides is 1. The van der Waals surface area contributed by atoms with Gasteiger partial charge in [-0.1, -0.05) is 0 Å². The molecule has 3 aromatic heterocycles. The number of hydrogen-bond acceptors (Lipinski definition) is 3. The van der Waals surface area contributed by atoms with Crippen molar-refractivity contribution in [1.29, 1.82) is 0 Å². The average Bonchev–Trinajstić information content (AvgIpc) is 3.10. The zero-order valence-electron chi connectivity index (χ0n) is 12.5. The third kappa shape index (κ3) is 2.44. The Balaban J connectivity index is 2.07. The summed E-state index contributed by atoms with van der Waals surface area (Å²) in [6.45, 7) is 4.95. The van der Waals surface area contributed by atoms with Crippen LogP contribution in [0.25, 0.3) is 11.2 Å². The molecule has 0 N–H and O–H groups in total. The van der Waals surface area contributed by atoms with Crippen LogP contribution in [0.1, 0.15) is 24.5 Å². The summed E-state index contributed by atoms with van der Waals surface area (Å²) in [5.74, 6) is 1.57. The monoisotopic (exact) mass is 306 g/mol. The highest BCUT2D eigenvalue weighted by molar-refractivity contribution is 6.17. The fraction of sp³-hybridized carbons (Fsp3) is 0.500. The quantitative estimate of drug-likeness (QED) is 0.680. The molecule has 0 aromatic carbocycles. The molecule has 0 radical (unpaired) electrons. The number of halogens is 1. The Kier molecular flexibility index (Phi) is 3.71. The van der Waals surface area contributed by atoms with Gasteiger partial charge in [0, 0.05) is 31.7 Å². The van der Waals surface area contributed by atoms with E-state index < -0.39 is 0 Å². The number of imidazole rings is 1. The topological polar surface area (TPSA) is 53.5 Å². The van der Waals surface area contributed by atoms with Crippen LogP contribution >= 0.6 is 11.6 Å². The minimum absolute atomic E-state index is 0.225. The Morgan fingerprint density at radius 1 is 1.38 bits per heavy atom. The number of rotatable bonds is 5. The second-order valence-corrected chi connectivity index (χ2v) is 5.67. The van der Waals surface area contributed by atoms with Crippen molar-refractivity contribution in [2.45, 2.75) is 32.9 Å². The van der Waals surface area contributed by atoms with Crippen LogP contribution in [0.5, 0.6) is 0 Å². The van der Waals surface area contributed by atoms with E-state index in [1.54, 1.807) is 6.20 Å². The summed E-state index contributed by atoms with van der Waals surface area (Å²) < 4.78 is 6.07. The summed E-state index contributed by atoms with van der Waals surface area (Å²) in [6.07, 6.45) is 4.52. The molecule has 7 heteroatoms. The summed E-state index contributed by atoms with van der Waals surface area (Å²) in [6, 6.07) is 2.16. The van der Waals surface area contributed by atoms with E-state index in [2.05, 4.69) is 21.7 Å². The third-order valence-electron chi connectivity index (χ3n) is 3.68. The number of fused-ring (bicyclic) bond motifs is 1. The van der Waals surface area contributed by atoms with Gasteiger partial charge >= 0.3 is 0 Å². The van der Waals surface area contributed by atoms with Gasteiger partial charge in [0.25, 0.3) is 0 Å². The van der Waals surface area contributed by atoms with E-state index in [-0.39, 0.29) is 6.04 Å². The van der Waals surface area contributed by atoms with Crippen LogP contribution in [-0.4, -0.2) is 35.0 Å². The van der Waals surface area contributed by atoms with E-state index in [1.807, 2.05) is 35.6 Å². The predicted molar refractivity (Wildman–Crippen MR) is 82.6 cm³/mol. The van der Waals surface area contributed by atoms with Gasteiger partial charge in [0.15, 0.2) is 5.65 Å². The van der Waals surface area contributed by atoms with Crippen molar-refractivity contribution < 1.29 is 0 Å². The first-order chi connectivity index (χ1) is 10.1. The van der Waals surface area contributed by atoms with Crippen molar-refractivity contribution in [3.63, 3.8) is 0 Å². The van der Waals surface area contributed by atoms with Crippen molar-refractivity contribution in [3.05, 3.63) is 30.0 Å². The normalized spacial score (nSPS) is 13.1. The Morgan fingerprint density at radius 2 is 2.19 bits per heavy atom. The van der Waals surface area contributed by atoms with Crippen LogP contribution in [0.4, 0.5) is 0 Å². The standard InChI is InChI=1S/C14H19ClN6/c1-10(9-20-8-4-7-16-20)21-12(5-6-15)17-13-11(2)18-19(3)14(13)21/h4,7-8,10H,5-6,9H2,1-3H3. The minimum Gasteiger partial charge on any atom is -0.308 e. The summed E-state index contributed by atoms with van der Waals surface area (Å²) in [4.78, 5) is 4.74. The molecular formula is C14H19ClN6. The lowest BCUT2D eigenvalue weighted by molar-refractivity contribution is 0.430. The molecule has 3 heterocycles. The molecular weight excluding hydrogens is 288 g/mol. The molecule has 3 aromatic rings. The molecule has 0 bridgehead atoms. The lowest BCUT2D eigenvalue weighted by Crippen LogP contribution is -2.17. The number of nitrogens with zero attached hydrogens (tertiary/aromatic N) is 6. The molecule has 0 saturated carbocycles. The Bertz CT molecular complexity index is 739. The van der Waals surface area contributed by atoms with Crippen LogP contribution in [0.15, 0.2) is 18.5 Å². The SMILES string of the molecule is Cc1nn(C)c2c1nc(CCCl)n2C(C)Cn1cccn1. The number of aryl methyl sites for hydroxylation is 3. The molecule has 0 aliphatic heterocycles. The third-order valence-corrected chi connectivity index (χ3v) is 3.87. The number of hydrogen-bond donors (Lipinski definition) is 0. The molecule has 0 aliphatic carbocycles. The molecule has 6 nitrogen and oxygen atoms in total. The minimum atomic E-state index is 0.225. The van der Waals surface area contributed by atoms with Crippen LogP contribution in [0, 0.1) is 6.92 Å². The van der Waals surface area contributed by atoms with E-state index in [9.17, 15) is 0 Å². The Hall–Kier alpha value is -1.82. The van der Waals surface area contributed by atoms with Gasteiger partial charge in [-0.25, -0.2) is 4.98 Å². The van der Waals surface area contributed by atoms with Gasteiger partial charge < -0.3 is 4.57 Å². The highest BCUT2D eigenvalue weighted by Gasteiger charge is 2.21. The van der Waals surface area contributed by atoms with Gasteiger partial charge in [-0.2, -0.15) is 10.2 Å². The number of aromatic nitrogens is 6. The van der Waals surface area contributed by atoms with Crippen LogP contribution in [-0.2, 0) is 20.0 Å². The van der Waals surface area contributed by atoms with Crippen molar-refractivity contribution in [1.82, 2.24) is 29.1 Å². The molecule has 0 amide bonds. The summed E-state index contributed by atoms with van der Waals surface area (Å²) in [5.41, 5.74) is 2.96. The average molecular weight is 307 g/mol. The van der Waals surface area contributed by atoms with Gasteiger partial charge in [0.05, 0.1) is 18.3 Å². The summed E-state index contributed by atoms with van der Waals surface area (Å²) in [5, 5.41) is 8.75. The van der Waals surface area contributed by atoms with Crippen LogP contribution < -0.4 is 0 Å². The summed E-state index contributed by atoms with van der Waals surface area (Å²) in [7, 11) is 1.96. The van der Waals surface area contributed by atoms with E-state index in [0.29, 0.717) is 5.88 Å². The molecule has 0 fully saturated rings. The lowest BCUT2D eigenvalue weighted by atomic mass is 10.3. The van der Waals surface area contributed by atoms with Crippen molar-refractivity contribution in [3.8, 4) is 0 Å². The van der Waals surface area contributed by atoms with E-state index in [4.69, 9.17) is 16.6 Å². The molecule has 3 rings (SSSR count). The van der Waals surface area contributed by atoms with E-state index in [1.165, 1.54) is 0 Å². The smallest absolute Gasteiger partial charge is 0.158 e. The second-order valence-electron chi connectivity index (χ2n) is 5.30. The van der Waals surface area contributed by atoms with E-state index >= 15 is 0 Å². The fourth-order valence-electron chi connectivity index (χ4n) is 2.83. The molecule has 112 valence electrons. The van der Waals surface area contributed by atoms with Gasteiger partial charge in [0.2, 0.25) is 0 Å². The first-order valence-electron chi connectivity index (χ1n) is 7.05. The fourth-order valence-corrected chi connectivity index (χ4v) is 2.99. The molecule has 0 saturated heterocycles. The van der Waals surface area contributed by atoms with Crippen molar-refractivity contribution in [2.75, 3.05) is 5.88 Å². The molecule has 0 spiro atoms. The first-order valence-corrected chi connectivity index (χ1v) is 7.59. The van der Waals surface area contributed by atoms with E-state index in [0.717, 1.165) is 35.6 Å². The van der Waals surface area contributed by atoms with Crippen molar-refractivity contribution >= 4 is 22.8 Å². The van der Waals surface area contributed by atoms with Gasteiger partial charge in [0.1, 0.15) is 11.3 Å². The highest BCUT2D eigenvalue weighted by atomic mass is 35.5. The maximum Gasteiger partial charge on any atom is 0.158 e. The molecule has 0 aliphatic rings. The predicted octanol–water partition coefficient (Wildman–Crippen LogP) is 2.32. The van der Waals surface area contributed by atoms with Crippen LogP contribution in [0.2, 0.25) is 0 Å². The molecule has 1 atom stereocenters. The molecule has 21 heavy (non-hydrogen) atoms. The molecule has 1 unspecified atom stereocenters. The van der Waals surface area contributed by atoms with Gasteiger partial charge in [-0.3, -0.25) is 9.36 Å².